The fraction of sp³-hybridized carbons (Fsp3) is 0.455. The summed E-state index contributed by atoms with van der Waals surface area (Å²) in [6, 6.07) is 5.19. The van der Waals surface area contributed by atoms with Gasteiger partial charge in [-0.2, -0.15) is 5.26 Å². The first-order valence-electron chi connectivity index (χ1n) is 5.10. The molecule has 0 unspecified atom stereocenters. The van der Waals surface area contributed by atoms with Gasteiger partial charge in [0.1, 0.15) is 11.9 Å². The Bertz CT molecular complexity index is 425. The van der Waals surface area contributed by atoms with E-state index in [4.69, 9.17) is 5.26 Å². The molecule has 1 aliphatic heterocycles. The van der Waals surface area contributed by atoms with Crippen LogP contribution >= 0.6 is 0 Å². The first kappa shape index (κ1) is 10.8. The maximum Gasteiger partial charge on any atom is 0.265 e. The second kappa shape index (κ2) is 4.05. The van der Waals surface area contributed by atoms with Gasteiger partial charge in [-0.3, -0.25) is 0 Å². The monoisotopic (exact) mass is 223 g/mol. The zero-order valence-electron chi connectivity index (χ0n) is 8.66. The van der Waals surface area contributed by atoms with Gasteiger partial charge in [-0.1, -0.05) is 0 Å². The highest BCUT2D eigenvalue weighted by molar-refractivity contribution is 5.53. The summed E-state index contributed by atoms with van der Waals surface area (Å²) in [5, 5.41) is 8.88. The van der Waals surface area contributed by atoms with Crippen LogP contribution in [0, 0.1) is 11.3 Å². The summed E-state index contributed by atoms with van der Waals surface area (Å²) in [5.74, 6) is -2.31. The molecule has 1 aliphatic rings. The second-order valence-corrected chi connectivity index (χ2v) is 3.87. The van der Waals surface area contributed by atoms with Crippen LogP contribution in [0.2, 0.25) is 0 Å². The Morgan fingerprint density at radius 1 is 1.50 bits per heavy atom. The molecule has 0 saturated carbocycles. The van der Waals surface area contributed by atoms with E-state index in [0.29, 0.717) is 24.3 Å². The fourth-order valence-corrected chi connectivity index (χ4v) is 1.88. The maximum absolute atomic E-state index is 13.2. The fourth-order valence-electron chi connectivity index (χ4n) is 1.88. The summed E-state index contributed by atoms with van der Waals surface area (Å²) >= 11 is 0. The highest BCUT2D eigenvalue weighted by Crippen LogP contribution is 2.30. The molecule has 0 radical (unpaired) electrons. The van der Waals surface area contributed by atoms with Gasteiger partial charge in [0.05, 0.1) is 12.1 Å². The van der Waals surface area contributed by atoms with Gasteiger partial charge >= 0.3 is 0 Å². The number of pyridine rings is 1. The lowest BCUT2D eigenvalue weighted by molar-refractivity contribution is -0.0118. The minimum Gasteiger partial charge on any atom is -0.349 e. The van der Waals surface area contributed by atoms with Gasteiger partial charge < -0.3 is 4.90 Å². The van der Waals surface area contributed by atoms with Crippen LogP contribution in [0.15, 0.2) is 18.3 Å². The molecule has 1 saturated heterocycles. The van der Waals surface area contributed by atoms with Crippen molar-refractivity contribution in [1.29, 1.82) is 5.26 Å². The van der Waals surface area contributed by atoms with Crippen LogP contribution in [0.1, 0.15) is 18.4 Å². The molecule has 5 heteroatoms. The van der Waals surface area contributed by atoms with Crippen molar-refractivity contribution in [3.63, 3.8) is 0 Å². The van der Waals surface area contributed by atoms with E-state index in [1.807, 2.05) is 6.07 Å². The van der Waals surface area contributed by atoms with E-state index in [9.17, 15) is 8.78 Å². The molecule has 0 bridgehead atoms. The lowest BCUT2D eigenvalue weighted by Gasteiger charge is -2.33. The van der Waals surface area contributed by atoms with Crippen LogP contribution in [0.5, 0.6) is 0 Å². The second-order valence-electron chi connectivity index (χ2n) is 3.87. The molecule has 0 atom stereocenters. The Morgan fingerprint density at radius 3 is 3.00 bits per heavy atom. The molecule has 1 fully saturated rings. The van der Waals surface area contributed by atoms with Crippen molar-refractivity contribution in [2.75, 3.05) is 18.0 Å². The van der Waals surface area contributed by atoms with Crippen LogP contribution in [0.25, 0.3) is 0 Å². The van der Waals surface area contributed by atoms with Gasteiger partial charge in [0, 0.05) is 19.2 Å². The molecule has 0 aromatic carbocycles. The van der Waals surface area contributed by atoms with Crippen LogP contribution < -0.4 is 4.90 Å². The number of hydrogen-bond donors (Lipinski definition) is 0. The Labute approximate surface area is 92.3 Å². The molecule has 0 N–H and O–H groups in total. The van der Waals surface area contributed by atoms with E-state index >= 15 is 0 Å². The molecule has 3 nitrogen and oxygen atoms in total. The van der Waals surface area contributed by atoms with Crippen molar-refractivity contribution in [1.82, 2.24) is 4.98 Å². The summed E-state index contributed by atoms with van der Waals surface area (Å²) in [7, 11) is 0. The van der Waals surface area contributed by atoms with Crippen molar-refractivity contribution >= 4 is 5.82 Å². The smallest absolute Gasteiger partial charge is 0.265 e. The lowest BCUT2D eigenvalue weighted by atomic mass is 10.1. The molecule has 1 aromatic heterocycles. The van der Waals surface area contributed by atoms with Crippen LogP contribution in [0.4, 0.5) is 14.6 Å². The normalized spacial score (nSPS) is 19.2. The third-order valence-electron chi connectivity index (χ3n) is 2.60. The zero-order chi connectivity index (χ0) is 11.6. The summed E-state index contributed by atoms with van der Waals surface area (Å²) in [4.78, 5) is 5.50. The number of aromatic nitrogens is 1. The van der Waals surface area contributed by atoms with E-state index in [-0.39, 0.29) is 13.0 Å². The molecule has 1 aromatic rings. The number of nitriles is 1. The minimum absolute atomic E-state index is 0.0851. The van der Waals surface area contributed by atoms with E-state index in [1.165, 1.54) is 11.1 Å². The molecule has 2 heterocycles. The van der Waals surface area contributed by atoms with Crippen LogP contribution in [-0.2, 0) is 0 Å². The van der Waals surface area contributed by atoms with Gasteiger partial charge in [-0.25, -0.2) is 13.8 Å². The number of anilines is 1. The number of hydrogen-bond acceptors (Lipinski definition) is 3. The number of alkyl halides is 2. The van der Waals surface area contributed by atoms with Gasteiger partial charge in [0.15, 0.2) is 0 Å². The standard InChI is InChI=1S/C11H11F2N3/c12-11(13)4-2-6-16(8-11)10-9(7-14)3-1-5-15-10/h1,3,5H,2,4,6,8H2. The Balaban J connectivity index is 2.27. The molecule has 16 heavy (non-hydrogen) atoms. The van der Waals surface area contributed by atoms with Crippen molar-refractivity contribution in [2.24, 2.45) is 0 Å². The lowest BCUT2D eigenvalue weighted by Crippen LogP contribution is -2.43. The van der Waals surface area contributed by atoms with E-state index in [1.54, 1.807) is 12.1 Å². The molecular weight excluding hydrogens is 212 g/mol. The first-order valence-corrected chi connectivity index (χ1v) is 5.10. The predicted molar refractivity (Wildman–Crippen MR) is 55.3 cm³/mol. The van der Waals surface area contributed by atoms with Crippen molar-refractivity contribution in [2.45, 2.75) is 18.8 Å². The third-order valence-corrected chi connectivity index (χ3v) is 2.60. The molecule has 0 amide bonds. The molecule has 0 aliphatic carbocycles. The van der Waals surface area contributed by atoms with Crippen molar-refractivity contribution in [3.8, 4) is 6.07 Å². The van der Waals surface area contributed by atoms with Gasteiger partial charge in [-0.05, 0) is 18.6 Å². The van der Waals surface area contributed by atoms with E-state index < -0.39 is 5.92 Å². The third kappa shape index (κ3) is 2.11. The molecule has 2 rings (SSSR count). The number of rotatable bonds is 1. The van der Waals surface area contributed by atoms with Crippen molar-refractivity contribution < 1.29 is 8.78 Å². The quantitative estimate of drug-likeness (QED) is 0.732. The highest BCUT2D eigenvalue weighted by atomic mass is 19.3. The Hall–Kier alpha value is -1.70. The minimum atomic E-state index is -2.68. The van der Waals surface area contributed by atoms with Gasteiger partial charge in [-0.15, -0.1) is 0 Å². The van der Waals surface area contributed by atoms with Crippen LogP contribution in [-0.4, -0.2) is 24.0 Å². The average molecular weight is 223 g/mol. The molecule has 0 spiro atoms. The van der Waals surface area contributed by atoms with E-state index in [0.717, 1.165) is 0 Å². The SMILES string of the molecule is N#Cc1cccnc1N1CCCC(F)(F)C1. The summed E-state index contributed by atoms with van der Waals surface area (Å²) in [5.41, 5.74) is 0.347. The molecule has 84 valence electrons. The highest BCUT2D eigenvalue weighted by Gasteiger charge is 2.36. The summed E-state index contributed by atoms with van der Waals surface area (Å²) < 4.78 is 26.4. The zero-order valence-corrected chi connectivity index (χ0v) is 8.66. The van der Waals surface area contributed by atoms with Gasteiger partial charge in [0.25, 0.3) is 5.92 Å². The number of nitrogens with zero attached hydrogens (tertiary/aromatic N) is 3. The van der Waals surface area contributed by atoms with Crippen LogP contribution in [0.3, 0.4) is 0 Å². The number of halogens is 2. The Morgan fingerprint density at radius 2 is 2.31 bits per heavy atom. The summed E-state index contributed by atoms with van der Waals surface area (Å²) in [6.45, 7) is 0.181. The largest absolute Gasteiger partial charge is 0.349 e. The first-order chi connectivity index (χ1) is 7.62. The van der Waals surface area contributed by atoms with E-state index in [2.05, 4.69) is 4.98 Å². The topological polar surface area (TPSA) is 39.9 Å². The summed E-state index contributed by atoms with van der Waals surface area (Å²) in [6.07, 6.45) is 1.86. The predicted octanol–water partition coefficient (Wildman–Crippen LogP) is 2.19. The van der Waals surface area contributed by atoms with Crippen molar-refractivity contribution in [3.05, 3.63) is 23.9 Å². The maximum atomic E-state index is 13.2. The van der Waals surface area contributed by atoms with Gasteiger partial charge in [0.2, 0.25) is 0 Å². The number of piperidine rings is 1. The average Bonchev–Trinajstić information content (AvgIpc) is 2.27. The Kier molecular flexibility index (Phi) is 2.73. The molecular formula is C11H11F2N3.